The van der Waals surface area contributed by atoms with E-state index < -0.39 is 5.97 Å². The summed E-state index contributed by atoms with van der Waals surface area (Å²) in [6, 6.07) is -0.305. The van der Waals surface area contributed by atoms with Gasteiger partial charge in [-0.05, 0) is 6.92 Å². The number of carbonyl (C=O) groups is 2. The number of urea groups is 1. The molecule has 0 aliphatic carbocycles. The van der Waals surface area contributed by atoms with Crippen LogP contribution in [0.1, 0.15) is 13.3 Å². The standard InChI is InChI=1S/C12H22N2O5/c1-10(2)9-19-8-5-14-12(17)13-4-7-18-6-3-11(15)16/h1,3-9H2,2H3,(H,15,16)(H2,13,14,17). The van der Waals surface area contributed by atoms with Gasteiger partial charge in [0.15, 0.2) is 0 Å². The van der Waals surface area contributed by atoms with Crippen molar-refractivity contribution in [3.63, 3.8) is 0 Å². The molecule has 0 atom stereocenters. The first-order chi connectivity index (χ1) is 9.02. The molecule has 0 aromatic rings. The Hall–Kier alpha value is -1.60. The van der Waals surface area contributed by atoms with Crippen molar-refractivity contribution in [2.75, 3.05) is 39.5 Å². The third-order valence-electron chi connectivity index (χ3n) is 1.87. The zero-order chi connectivity index (χ0) is 14.5. The Bertz CT molecular complexity index is 294. The van der Waals surface area contributed by atoms with Crippen LogP contribution >= 0.6 is 0 Å². The van der Waals surface area contributed by atoms with Gasteiger partial charge in [0, 0.05) is 13.1 Å². The Morgan fingerprint density at radius 2 is 1.68 bits per heavy atom. The molecular weight excluding hydrogens is 252 g/mol. The predicted octanol–water partition coefficient (Wildman–Crippen LogP) is 0.370. The van der Waals surface area contributed by atoms with Gasteiger partial charge in [0.25, 0.3) is 0 Å². The van der Waals surface area contributed by atoms with Crippen LogP contribution in [0.5, 0.6) is 0 Å². The van der Waals surface area contributed by atoms with Gasteiger partial charge < -0.3 is 25.2 Å². The van der Waals surface area contributed by atoms with E-state index in [1.54, 1.807) is 0 Å². The number of carboxylic acids is 1. The minimum absolute atomic E-state index is 0.0355. The molecule has 0 heterocycles. The minimum atomic E-state index is -0.902. The molecular formula is C12H22N2O5. The van der Waals surface area contributed by atoms with Gasteiger partial charge in [-0.3, -0.25) is 4.79 Å². The van der Waals surface area contributed by atoms with Gasteiger partial charge in [0.2, 0.25) is 0 Å². The van der Waals surface area contributed by atoms with Crippen molar-refractivity contribution in [2.45, 2.75) is 13.3 Å². The van der Waals surface area contributed by atoms with Crippen molar-refractivity contribution in [1.29, 1.82) is 0 Å². The summed E-state index contributed by atoms with van der Waals surface area (Å²) in [5, 5.41) is 13.5. The van der Waals surface area contributed by atoms with Crippen LogP contribution < -0.4 is 10.6 Å². The fourth-order valence-electron chi connectivity index (χ4n) is 1.04. The third-order valence-corrected chi connectivity index (χ3v) is 1.87. The lowest BCUT2D eigenvalue weighted by Gasteiger charge is -2.08. The van der Waals surface area contributed by atoms with Gasteiger partial charge in [-0.1, -0.05) is 12.2 Å². The Kier molecular flexibility index (Phi) is 10.5. The van der Waals surface area contributed by atoms with Gasteiger partial charge in [0.1, 0.15) is 0 Å². The second kappa shape index (κ2) is 11.5. The van der Waals surface area contributed by atoms with E-state index in [0.717, 1.165) is 5.57 Å². The smallest absolute Gasteiger partial charge is 0.314 e. The van der Waals surface area contributed by atoms with E-state index in [1.165, 1.54) is 0 Å². The summed E-state index contributed by atoms with van der Waals surface area (Å²) in [5.74, 6) is -0.902. The first-order valence-electron chi connectivity index (χ1n) is 6.05. The van der Waals surface area contributed by atoms with Crippen LogP contribution in [0.3, 0.4) is 0 Å². The largest absolute Gasteiger partial charge is 0.481 e. The number of hydrogen-bond donors (Lipinski definition) is 3. The molecule has 7 heteroatoms. The molecule has 0 fully saturated rings. The van der Waals surface area contributed by atoms with Gasteiger partial charge >= 0.3 is 12.0 Å². The zero-order valence-corrected chi connectivity index (χ0v) is 11.2. The van der Waals surface area contributed by atoms with E-state index >= 15 is 0 Å². The summed E-state index contributed by atoms with van der Waals surface area (Å²) in [7, 11) is 0. The molecule has 0 aromatic carbocycles. The monoisotopic (exact) mass is 274 g/mol. The van der Waals surface area contributed by atoms with E-state index in [9.17, 15) is 9.59 Å². The Morgan fingerprint density at radius 1 is 1.11 bits per heavy atom. The number of hydrogen-bond acceptors (Lipinski definition) is 4. The summed E-state index contributed by atoms with van der Waals surface area (Å²) in [5.41, 5.74) is 0.933. The lowest BCUT2D eigenvalue weighted by atomic mass is 10.4. The van der Waals surface area contributed by atoms with Gasteiger partial charge in [0.05, 0.1) is 32.8 Å². The van der Waals surface area contributed by atoms with Crippen molar-refractivity contribution in [3.05, 3.63) is 12.2 Å². The zero-order valence-electron chi connectivity index (χ0n) is 11.2. The SMILES string of the molecule is C=C(C)COCCNC(=O)NCCOCCC(=O)O. The summed E-state index contributed by atoms with van der Waals surface area (Å²) < 4.78 is 10.2. The number of rotatable bonds is 11. The van der Waals surface area contributed by atoms with Crippen LogP contribution in [-0.4, -0.2) is 56.6 Å². The van der Waals surface area contributed by atoms with Crippen molar-refractivity contribution >= 4 is 12.0 Å². The van der Waals surface area contributed by atoms with E-state index in [1.807, 2.05) is 6.92 Å². The lowest BCUT2D eigenvalue weighted by molar-refractivity contribution is -0.138. The molecule has 0 bridgehead atoms. The summed E-state index contributed by atoms with van der Waals surface area (Å²) in [6.45, 7) is 7.64. The van der Waals surface area contributed by atoms with E-state index in [2.05, 4.69) is 17.2 Å². The Labute approximate surface area is 113 Å². The van der Waals surface area contributed by atoms with Crippen LogP contribution in [0.25, 0.3) is 0 Å². The van der Waals surface area contributed by atoms with Crippen molar-refractivity contribution in [1.82, 2.24) is 10.6 Å². The lowest BCUT2D eigenvalue weighted by Crippen LogP contribution is -2.39. The highest BCUT2D eigenvalue weighted by Gasteiger charge is 1.99. The highest BCUT2D eigenvalue weighted by Crippen LogP contribution is 1.86. The van der Waals surface area contributed by atoms with Crippen LogP contribution in [0.15, 0.2) is 12.2 Å². The van der Waals surface area contributed by atoms with Gasteiger partial charge in [-0.25, -0.2) is 4.79 Å². The minimum Gasteiger partial charge on any atom is -0.481 e. The normalized spacial score (nSPS) is 9.95. The van der Waals surface area contributed by atoms with Crippen LogP contribution in [0.4, 0.5) is 4.79 Å². The highest BCUT2D eigenvalue weighted by atomic mass is 16.5. The fourth-order valence-corrected chi connectivity index (χ4v) is 1.04. The molecule has 0 rings (SSSR count). The number of amides is 2. The molecule has 7 nitrogen and oxygen atoms in total. The fraction of sp³-hybridized carbons (Fsp3) is 0.667. The summed E-state index contributed by atoms with van der Waals surface area (Å²) in [6.07, 6.45) is -0.0355. The molecule has 0 unspecified atom stereocenters. The number of carboxylic acid groups (broad SMARTS) is 1. The topological polar surface area (TPSA) is 96.9 Å². The average molecular weight is 274 g/mol. The average Bonchev–Trinajstić information content (AvgIpc) is 2.32. The molecule has 0 saturated carbocycles. The van der Waals surface area contributed by atoms with E-state index in [-0.39, 0.29) is 25.7 Å². The number of carbonyl (C=O) groups excluding carboxylic acids is 1. The van der Waals surface area contributed by atoms with Gasteiger partial charge in [-0.2, -0.15) is 0 Å². The Balaban J connectivity index is 3.26. The number of nitrogens with one attached hydrogen (secondary N) is 2. The molecule has 3 N–H and O–H groups in total. The second-order valence-electron chi connectivity index (χ2n) is 3.95. The Morgan fingerprint density at radius 3 is 2.21 bits per heavy atom. The maximum Gasteiger partial charge on any atom is 0.314 e. The predicted molar refractivity (Wildman–Crippen MR) is 70.1 cm³/mol. The van der Waals surface area contributed by atoms with E-state index in [0.29, 0.717) is 26.3 Å². The molecule has 0 aromatic heterocycles. The number of aliphatic carboxylic acids is 1. The van der Waals surface area contributed by atoms with Crippen LogP contribution in [0, 0.1) is 0 Å². The van der Waals surface area contributed by atoms with Crippen molar-refractivity contribution < 1.29 is 24.2 Å². The molecule has 0 radical (unpaired) electrons. The quantitative estimate of drug-likeness (QED) is 0.373. The van der Waals surface area contributed by atoms with Crippen molar-refractivity contribution in [2.24, 2.45) is 0 Å². The first kappa shape index (κ1) is 17.4. The first-order valence-corrected chi connectivity index (χ1v) is 6.05. The number of ether oxygens (including phenoxy) is 2. The molecule has 2 amide bonds. The van der Waals surface area contributed by atoms with E-state index in [4.69, 9.17) is 14.6 Å². The second-order valence-corrected chi connectivity index (χ2v) is 3.95. The van der Waals surface area contributed by atoms with Crippen molar-refractivity contribution in [3.8, 4) is 0 Å². The third kappa shape index (κ3) is 14.3. The maximum atomic E-state index is 11.2. The maximum absolute atomic E-state index is 11.2. The molecule has 0 aliphatic rings. The summed E-state index contributed by atoms with van der Waals surface area (Å²) >= 11 is 0. The highest BCUT2D eigenvalue weighted by molar-refractivity contribution is 5.73. The molecule has 0 saturated heterocycles. The summed E-state index contributed by atoms with van der Waals surface area (Å²) in [4.78, 5) is 21.4. The molecule has 110 valence electrons. The molecule has 0 aliphatic heterocycles. The molecule has 19 heavy (non-hydrogen) atoms. The van der Waals surface area contributed by atoms with Crippen LogP contribution in [0.2, 0.25) is 0 Å². The molecule has 0 spiro atoms. The van der Waals surface area contributed by atoms with Crippen LogP contribution in [-0.2, 0) is 14.3 Å². The van der Waals surface area contributed by atoms with Gasteiger partial charge in [-0.15, -0.1) is 0 Å².